The zero-order valence-electron chi connectivity index (χ0n) is 28.8. The molecular formula is C37H38N6O7S2. The predicted molar refractivity (Wildman–Crippen MR) is 204 cm³/mol. The third-order valence-electron chi connectivity index (χ3n) is 8.20. The van der Waals surface area contributed by atoms with Crippen molar-refractivity contribution in [3.63, 3.8) is 0 Å². The van der Waals surface area contributed by atoms with E-state index in [1.807, 2.05) is 53.4 Å². The number of benzene rings is 5. The average Bonchev–Trinajstić information content (AvgIpc) is 3.16. The van der Waals surface area contributed by atoms with Gasteiger partial charge >= 0.3 is 0 Å². The number of sulfone groups is 2. The zero-order valence-corrected chi connectivity index (χ0v) is 30.4. The maximum atomic E-state index is 12.4. The summed E-state index contributed by atoms with van der Waals surface area (Å²) in [6, 6.07) is 26.0. The summed E-state index contributed by atoms with van der Waals surface area (Å²) in [5, 5.41) is 44.1. The Morgan fingerprint density at radius 1 is 0.846 bits per heavy atom. The zero-order chi connectivity index (χ0) is 37.5. The van der Waals surface area contributed by atoms with E-state index in [4.69, 9.17) is 4.74 Å². The lowest BCUT2D eigenvalue weighted by atomic mass is 10.1. The molecule has 5 aromatic rings. The Balaban J connectivity index is 1.44. The number of ether oxygens (including phenoxy) is 1. The molecule has 5 aromatic carbocycles. The minimum atomic E-state index is -3.68. The first-order chi connectivity index (χ1) is 24.9. The van der Waals surface area contributed by atoms with E-state index in [9.17, 15) is 27.0 Å². The lowest BCUT2D eigenvalue weighted by Gasteiger charge is -2.25. The molecule has 0 heterocycles. The van der Waals surface area contributed by atoms with Crippen molar-refractivity contribution in [1.82, 2.24) is 0 Å². The van der Waals surface area contributed by atoms with Crippen molar-refractivity contribution in [3.8, 4) is 17.2 Å². The van der Waals surface area contributed by atoms with Crippen LogP contribution in [0.4, 0.5) is 34.1 Å². The summed E-state index contributed by atoms with van der Waals surface area (Å²) in [5.74, 6) is -0.874. The van der Waals surface area contributed by atoms with E-state index < -0.39 is 25.4 Å². The van der Waals surface area contributed by atoms with Gasteiger partial charge in [-0.05, 0) is 54.1 Å². The Hall–Kier alpha value is -5.80. The second-order valence-electron chi connectivity index (χ2n) is 11.5. The fourth-order valence-corrected chi connectivity index (χ4v) is 7.03. The molecule has 3 N–H and O–H groups in total. The number of hydrogen-bond acceptors (Lipinski definition) is 13. The van der Waals surface area contributed by atoms with Crippen LogP contribution in [0.5, 0.6) is 17.2 Å². The summed E-state index contributed by atoms with van der Waals surface area (Å²) in [7, 11) is -4.03. The molecule has 0 amide bonds. The molecule has 0 saturated carbocycles. The van der Waals surface area contributed by atoms with Crippen LogP contribution in [0.15, 0.2) is 128 Å². The number of hydrogen-bond donors (Lipinski definition) is 3. The lowest BCUT2D eigenvalue weighted by molar-refractivity contribution is 0.399. The van der Waals surface area contributed by atoms with Crippen molar-refractivity contribution >= 4 is 64.6 Å². The smallest absolute Gasteiger partial charge is 0.181 e. The number of methoxy groups -OCH3 is 1. The maximum absolute atomic E-state index is 12.4. The fraction of sp³-hybridized carbons (Fsp3) is 0.189. The number of azo groups is 2. The highest BCUT2D eigenvalue weighted by molar-refractivity contribution is 7.94. The van der Waals surface area contributed by atoms with Crippen LogP contribution in [0.2, 0.25) is 0 Å². The summed E-state index contributed by atoms with van der Waals surface area (Å²) in [5.41, 5.74) is 3.47. The second-order valence-corrected chi connectivity index (χ2v) is 15.8. The monoisotopic (exact) mass is 742 g/mol. The van der Waals surface area contributed by atoms with Crippen LogP contribution in [0.3, 0.4) is 0 Å². The van der Waals surface area contributed by atoms with Crippen LogP contribution in [-0.2, 0) is 26.2 Å². The van der Waals surface area contributed by atoms with E-state index in [0.29, 0.717) is 34.4 Å². The van der Waals surface area contributed by atoms with Gasteiger partial charge in [0.25, 0.3) is 0 Å². The minimum Gasteiger partial charge on any atom is -0.506 e. The highest BCUT2D eigenvalue weighted by atomic mass is 32.2. The average molecular weight is 743 g/mol. The van der Waals surface area contributed by atoms with Crippen molar-refractivity contribution in [2.75, 3.05) is 42.4 Å². The van der Waals surface area contributed by atoms with E-state index in [2.05, 4.69) is 32.4 Å². The standard InChI is InChI=1S/C37H38N6O7S2/c1-5-51(46,47)20-19-43(27-13-8-7-9-14-27)24-25-11-10-12-26(21-25)39-42-36-28-15-18-31(37(45)29(28)16-17-30(36)38-3)40-41-32-22-34(50-4)35(23-33(32)44)52(48,49)6-2/h5,7-18,21-23,38,44-45H,1,6,19-20,24H2,2-4H3. The number of nitrogens with one attached hydrogen (secondary N) is 1. The molecule has 15 heteroatoms. The van der Waals surface area contributed by atoms with Gasteiger partial charge in [0, 0.05) is 54.1 Å². The van der Waals surface area contributed by atoms with E-state index in [-0.39, 0.29) is 45.8 Å². The van der Waals surface area contributed by atoms with Crippen molar-refractivity contribution in [2.45, 2.75) is 18.4 Å². The molecule has 0 fully saturated rings. The Morgan fingerprint density at radius 3 is 2.27 bits per heavy atom. The van der Waals surface area contributed by atoms with Crippen LogP contribution >= 0.6 is 0 Å². The van der Waals surface area contributed by atoms with Gasteiger partial charge in [-0.15, -0.1) is 15.3 Å². The summed E-state index contributed by atoms with van der Waals surface area (Å²) < 4.78 is 54.5. The molecule has 0 aromatic heterocycles. The molecule has 0 aliphatic carbocycles. The summed E-state index contributed by atoms with van der Waals surface area (Å²) in [6.45, 7) is 5.59. The first-order valence-electron chi connectivity index (χ1n) is 16.1. The number of aromatic hydroxyl groups is 2. The van der Waals surface area contributed by atoms with E-state index >= 15 is 0 Å². The Kier molecular flexibility index (Phi) is 11.6. The first kappa shape index (κ1) is 37.5. The topological polar surface area (TPSA) is 183 Å². The van der Waals surface area contributed by atoms with Gasteiger partial charge in [-0.3, -0.25) is 0 Å². The fourth-order valence-electron chi connectivity index (χ4n) is 5.34. The largest absolute Gasteiger partial charge is 0.506 e. The number of nitrogens with zero attached hydrogens (tertiary/aromatic N) is 5. The van der Waals surface area contributed by atoms with E-state index in [1.54, 1.807) is 31.3 Å². The summed E-state index contributed by atoms with van der Waals surface area (Å²) in [6.07, 6.45) is 0. The van der Waals surface area contributed by atoms with Gasteiger partial charge in [-0.1, -0.05) is 43.8 Å². The molecule has 52 heavy (non-hydrogen) atoms. The highest BCUT2D eigenvalue weighted by Crippen LogP contribution is 2.44. The van der Waals surface area contributed by atoms with Crippen LogP contribution < -0.4 is 15.0 Å². The van der Waals surface area contributed by atoms with Gasteiger partial charge < -0.3 is 25.2 Å². The van der Waals surface area contributed by atoms with Crippen LogP contribution in [0, 0.1) is 0 Å². The van der Waals surface area contributed by atoms with Gasteiger partial charge in [0.05, 0.1) is 30.0 Å². The molecule has 13 nitrogen and oxygen atoms in total. The second kappa shape index (κ2) is 16.0. The predicted octanol–water partition coefficient (Wildman–Crippen LogP) is 8.49. The third kappa shape index (κ3) is 8.55. The van der Waals surface area contributed by atoms with Gasteiger partial charge in [-0.25, -0.2) is 16.8 Å². The number of anilines is 2. The van der Waals surface area contributed by atoms with Crippen LogP contribution in [-0.4, -0.2) is 59.3 Å². The van der Waals surface area contributed by atoms with Crippen molar-refractivity contribution in [1.29, 1.82) is 0 Å². The van der Waals surface area contributed by atoms with Crippen molar-refractivity contribution < 1.29 is 31.8 Å². The molecule has 0 atom stereocenters. The summed E-state index contributed by atoms with van der Waals surface area (Å²) in [4.78, 5) is 1.81. The number of phenols is 2. The lowest BCUT2D eigenvalue weighted by Crippen LogP contribution is -2.28. The Morgan fingerprint density at radius 2 is 1.58 bits per heavy atom. The van der Waals surface area contributed by atoms with Gasteiger partial charge in [0.2, 0.25) is 0 Å². The summed E-state index contributed by atoms with van der Waals surface area (Å²) >= 11 is 0. The van der Waals surface area contributed by atoms with Crippen LogP contribution in [0.1, 0.15) is 12.5 Å². The molecular weight excluding hydrogens is 705 g/mol. The maximum Gasteiger partial charge on any atom is 0.181 e. The van der Waals surface area contributed by atoms with Crippen molar-refractivity contribution in [2.24, 2.45) is 20.5 Å². The van der Waals surface area contributed by atoms with E-state index in [1.165, 1.54) is 26.2 Å². The molecule has 0 aliphatic rings. The van der Waals surface area contributed by atoms with Crippen molar-refractivity contribution in [3.05, 3.63) is 109 Å². The Bertz CT molecular complexity index is 2380. The SMILES string of the molecule is C=CS(=O)(=O)CCN(Cc1cccc(N=Nc2c(NC)ccc3c(O)c(N=Nc4cc(OC)c(S(=O)(=O)CC)cc4O)ccc23)c1)c1ccccc1. The normalized spacial score (nSPS) is 12.1. The number of para-hydroxylation sites is 1. The quantitative estimate of drug-likeness (QED) is 0.0886. The first-order valence-corrected chi connectivity index (χ1v) is 19.4. The molecule has 0 spiro atoms. The molecule has 5 rings (SSSR count). The number of phenolic OH excluding ortho intramolecular Hbond substituents is 2. The molecule has 0 radical (unpaired) electrons. The molecule has 0 unspecified atom stereocenters. The molecule has 0 saturated heterocycles. The minimum absolute atomic E-state index is 0.00367. The van der Waals surface area contributed by atoms with Gasteiger partial charge in [-0.2, -0.15) is 5.11 Å². The number of rotatable bonds is 15. The van der Waals surface area contributed by atoms with Gasteiger partial charge in [0.15, 0.2) is 25.4 Å². The Labute approximate surface area is 302 Å². The highest BCUT2D eigenvalue weighted by Gasteiger charge is 2.21. The van der Waals surface area contributed by atoms with Crippen LogP contribution in [0.25, 0.3) is 10.8 Å². The molecule has 270 valence electrons. The molecule has 0 aliphatic heterocycles. The third-order valence-corrected chi connectivity index (χ3v) is 11.2. The van der Waals surface area contributed by atoms with E-state index in [0.717, 1.165) is 22.7 Å². The number of fused-ring (bicyclic) bond motifs is 1. The molecule has 0 bridgehead atoms. The van der Waals surface area contributed by atoms with Gasteiger partial charge in [0.1, 0.15) is 33.5 Å².